The summed E-state index contributed by atoms with van der Waals surface area (Å²) in [5.74, 6) is 0.935. The summed E-state index contributed by atoms with van der Waals surface area (Å²) in [5, 5.41) is 10.3. The summed E-state index contributed by atoms with van der Waals surface area (Å²) >= 11 is 1.88. The van der Waals surface area contributed by atoms with E-state index in [4.69, 9.17) is 0 Å². The van der Waals surface area contributed by atoms with Gasteiger partial charge in [0.15, 0.2) is 0 Å². The molecule has 0 aromatic heterocycles. The lowest BCUT2D eigenvalue weighted by Crippen LogP contribution is -2.00. The average Bonchev–Trinajstić information content (AvgIpc) is 2.38. The Balaban J connectivity index is 2.61. The molecule has 0 spiro atoms. The van der Waals surface area contributed by atoms with E-state index in [1.165, 1.54) is 10.5 Å². The number of thioether (sulfide) groups is 1. The summed E-state index contributed by atoms with van der Waals surface area (Å²) in [5.41, 5.74) is 2.44. The van der Waals surface area contributed by atoms with E-state index in [0.29, 0.717) is 16.9 Å². The molecule has 1 aliphatic heterocycles. The van der Waals surface area contributed by atoms with Crippen molar-refractivity contribution in [1.82, 2.24) is 0 Å². The highest BCUT2D eigenvalue weighted by atomic mass is 32.2. The highest BCUT2D eigenvalue weighted by molar-refractivity contribution is 8.00. The van der Waals surface area contributed by atoms with Crippen LogP contribution in [0.1, 0.15) is 30.9 Å². The largest absolute Gasteiger partial charge is 0.508 e. The molecule has 0 saturated carbocycles. The average molecular weight is 194 g/mol. The Morgan fingerprint density at radius 2 is 2.00 bits per heavy atom. The number of hydrogen-bond donors (Lipinski definition) is 1. The third-order valence-corrected chi connectivity index (χ3v) is 4.39. The normalized spacial score (nSPS) is 26.1. The van der Waals surface area contributed by atoms with E-state index in [-0.39, 0.29) is 0 Å². The van der Waals surface area contributed by atoms with Crippen molar-refractivity contribution in [2.45, 2.75) is 36.8 Å². The Morgan fingerprint density at radius 1 is 1.31 bits per heavy atom. The lowest BCUT2D eigenvalue weighted by molar-refractivity contribution is 0.461. The van der Waals surface area contributed by atoms with E-state index in [2.05, 4.69) is 20.8 Å². The van der Waals surface area contributed by atoms with Gasteiger partial charge in [0, 0.05) is 15.7 Å². The van der Waals surface area contributed by atoms with Gasteiger partial charge in [0.25, 0.3) is 0 Å². The Kier molecular flexibility index (Phi) is 2.03. The van der Waals surface area contributed by atoms with Crippen LogP contribution in [-0.4, -0.2) is 10.4 Å². The first kappa shape index (κ1) is 8.95. The molecule has 0 amide bonds. The highest BCUT2D eigenvalue weighted by Gasteiger charge is 2.30. The van der Waals surface area contributed by atoms with Crippen LogP contribution in [0.25, 0.3) is 0 Å². The molecule has 2 rings (SSSR count). The summed E-state index contributed by atoms with van der Waals surface area (Å²) in [6.45, 7) is 6.51. The third kappa shape index (κ3) is 1.24. The maximum Gasteiger partial charge on any atom is 0.120 e. The van der Waals surface area contributed by atoms with Gasteiger partial charge >= 0.3 is 0 Å². The maximum absolute atomic E-state index is 9.73. The molecule has 1 N–H and O–H groups in total. The predicted molar refractivity (Wildman–Crippen MR) is 56.6 cm³/mol. The molecular formula is C11H14OS. The van der Waals surface area contributed by atoms with Gasteiger partial charge < -0.3 is 5.11 Å². The second-order valence-electron chi connectivity index (χ2n) is 3.76. The minimum Gasteiger partial charge on any atom is -0.508 e. The smallest absolute Gasteiger partial charge is 0.120 e. The van der Waals surface area contributed by atoms with Crippen molar-refractivity contribution in [3.05, 3.63) is 23.3 Å². The van der Waals surface area contributed by atoms with Crippen LogP contribution in [-0.2, 0) is 0 Å². The number of phenols is 1. The number of aromatic hydroxyl groups is 1. The van der Waals surface area contributed by atoms with Crippen LogP contribution in [0.15, 0.2) is 17.0 Å². The molecular weight excluding hydrogens is 180 g/mol. The summed E-state index contributed by atoms with van der Waals surface area (Å²) in [7, 11) is 0. The second-order valence-corrected chi connectivity index (χ2v) is 5.14. The summed E-state index contributed by atoms with van der Waals surface area (Å²) < 4.78 is 0. The fourth-order valence-corrected chi connectivity index (χ4v) is 3.20. The fourth-order valence-electron chi connectivity index (χ4n) is 1.82. The summed E-state index contributed by atoms with van der Waals surface area (Å²) in [6, 6.07) is 3.80. The van der Waals surface area contributed by atoms with Crippen molar-refractivity contribution in [3.63, 3.8) is 0 Å². The molecule has 1 nitrogen and oxygen atoms in total. The van der Waals surface area contributed by atoms with Crippen molar-refractivity contribution in [1.29, 1.82) is 0 Å². The van der Waals surface area contributed by atoms with Crippen LogP contribution in [0.4, 0.5) is 0 Å². The molecule has 0 bridgehead atoms. The van der Waals surface area contributed by atoms with Gasteiger partial charge in [0.2, 0.25) is 0 Å². The number of hydrogen-bond acceptors (Lipinski definition) is 2. The molecule has 70 valence electrons. The molecule has 1 aliphatic rings. The van der Waals surface area contributed by atoms with Crippen molar-refractivity contribution >= 4 is 11.8 Å². The number of rotatable bonds is 0. The minimum atomic E-state index is 0.463. The van der Waals surface area contributed by atoms with Crippen LogP contribution < -0.4 is 0 Å². The van der Waals surface area contributed by atoms with Crippen molar-refractivity contribution in [3.8, 4) is 5.75 Å². The molecule has 0 radical (unpaired) electrons. The molecule has 0 aliphatic carbocycles. The Labute approximate surface area is 83.2 Å². The highest BCUT2D eigenvalue weighted by Crippen LogP contribution is 2.49. The third-order valence-electron chi connectivity index (χ3n) is 2.83. The number of benzene rings is 1. The van der Waals surface area contributed by atoms with Gasteiger partial charge in [0.1, 0.15) is 5.75 Å². The standard InChI is InChI=1S/C11H14OS/c1-6-4-5-9(12)10-7(2)8(3)13-11(6)10/h4-5,7-8,12H,1-3H3. The Morgan fingerprint density at radius 3 is 2.62 bits per heavy atom. The Hall–Kier alpha value is -0.630. The van der Waals surface area contributed by atoms with Crippen LogP contribution in [0.3, 0.4) is 0 Å². The summed E-state index contributed by atoms with van der Waals surface area (Å²) in [4.78, 5) is 1.29. The van der Waals surface area contributed by atoms with E-state index in [1.54, 1.807) is 0 Å². The molecule has 1 aromatic carbocycles. The van der Waals surface area contributed by atoms with E-state index in [1.807, 2.05) is 23.9 Å². The molecule has 2 atom stereocenters. The molecule has 0 fully saturated rings. The minimum absolute atomic E-state index is 0.463. The van der Waals surface area contributed by atoms with Gasteiger partial charge in [-0.05, 0) is 24.5 Å². The van der Waals surface area contributed by atoms with Crippen LogP contribution in [0.5, 0.6) is 5.75 Å². The zero-order chi connectivity index (χ0) is 9.59. The van der Waals surface area contributed by atoms with Gasteiger partial charge in [-0.2, -0.15) is 0 Å². The van der Waals surface area contributed by atoms with E-state index in [0.717, 1.165) is 5.56 Å². The number of fused-ring (bicyclic) bond motifs is 1. The van der Waals surface area contributed by atoms with Gasteiger partial charge in [-0.1, -0.05) is 19.9 Å². The van der Waals surface area contributed by atoms with Crippen LogP contribution in [0.2, 0.25) is 0 Å². The fraction of sp³-hybridized carbons (Fsp3) is 0.455. The molecule has 13 heavy (non-hydrogen) atoms. The predicted octanol–water partition coefficient (Wildman–Crippen LogP) is 3.30. The lowest BCUT2D eigenvalue weighted by Gasteiger charge is -2.09. The van der Waals surface area contributed by atoms with Crippen molar-refractivity contribution < 1.29 is 5.11 Å². The number of aryl methyl sites for hydroxylation is 1. The van der Waals surface area contributed by atoms with Gasteiger partial charge in [-0.15, -0.1) is 11.8 Å². The first-order chi connectivity index (χ1) is 6.11. The van der Waals surface area contributed by atoms with Crippen LogP contribution in [0, 0.1) is 6.92 Å². The summed E-state index contributed by atoms with van der Waals surface area (Å²) in [6.07, 6.45) is 0. The SMILES string of the molecule is Cc1ccc(O)c2c1SC(C)C2C. The van der Waals surface area contributed by atoms with Gasteiger partial charge in [-0.25, -0.2) is 0 Å². The molecule has 1 aromatic rings. The first-order valence-electron chi connectivity index (χ1n) is 4.60. The van der Waals surface area contributed by atoms with Crippen LogP contribution >= 0.6 is 11.8 Å². The zero-order valence-corrected chi connectivity index (χ0v) is 8.98. The topological polar surface area (TPSA) is 20.2 Å². The maximum atomic E-state index is 9.73. The van der Waals surface area contributed by atoms with E-state index < -0.39 is 0 Å². The van der Waals surface area contributed by atoms with Gasteiger partial charge in [0.05, 0.1) is 0 Å². The quantitative estimate of drug-likeness (QED) is 0.684. The molecule has 0 saturated heterocycles. The monoisotopic (exact) mass is 194 g/mol. The lowest BCUT2D eigenvalue weighted by atomic mass is 9.96. The van der Waals surface area contributed by atoms with Gasteiger partial charge in [-0.3, -0.25) is 0 Å². The number of phenolic OH excluding ortho intramolecular Hbond substituents is 1. The zero-order valence-electron chi connectivity index (χ0n) is 8.16. The van der Waals surface area contributed by atoms with E-state index in [9.17, 15) is 5.11 Å². The molecule has 2 heteroatoms. The van der Waals surface area contributed by atoms with E-state index >= 15 is 0 Å². The molecule has 2 unspecified atom stereocenters. The second kappa shape index (κ2) is 2.95. The Bertz CT molecular complexity index is 346. The first-order valence-corrected chi connectivity index (χ1v) is 5.48. The van der Waals surface area contributed by atoms with Crippen molar-refractivity contribution in [2.75, 3.05) is 0 Å². The van der Waals surface area contributed by atoms with Crippen molar-refractivity contribution in [2.24, 2.45) is 0 Å². The molecule has 1 heterocycles.